The van der Waals surface area contributed by atoms with Crippen LogP contribution in [0.15, 0.2) is 23.2 Å². The zero-order valence-corrected chi connectivity index (χ0v) is 18.3. The molecule has 3 aromatic rings. The number of aliphatic hydroxyl groups is 1. The van der Waals surface area contributed by atoms with Gasteiger partial charge in [-0.3, -0.25) is 0 Å². The van der Waals surface area contributed by atoms with Crippen LogP contribution in [0.4, 0.5) is 0 Å². The third kappa shape index (κ3) is 3.72. The number of hydrogen-bond acceptors (Lipinski definition) is 8. The lowest BCUT2D eigenvalue weighted by molar-refractivity contribution is 0.108. The van der Waals surface area contributed by atoms with Crippen LogP contribution in [0.5, 0.6) is 5.88 Å². The predicted octanol–water partition coefficient (Wildman–Crippen LogP) is 4.08. The molecule has 8 heteroatoms. The highest BCUT2D eigenvalue weighted by Gasteiger charge is 2.33. The van der Waals surface area contributed by atoms with Crippen molar-refractivity contribution in [3.8, 4) is 5.88 Å². The molecule has 5 rings (SSSR count). The van der Waals surface area contributed by atoms with Gasteiger partial charge < -0.3 is 19.2 Å². The number of rotatable bonds is 6. The van der Waals surface area contributed by atoms with E-state index >= 15 is 0 Å². The molecule has 160 valence electrons. The molecule has 2 aliphatic rings. The highest BCUT2D eigenvalue weighted by atomic mass is 32.1. The Morgan fingerprint density at radius 1 is 1.20 bits per heavy atom. The molecule has 0 radical (unpaired) electrons. The van der Waals surface area contributed by atoms with E-state index < -0.39 is 6.10 Å². The second-order valence-corrected chi connectivity index (χ2v) is 9.75. The third-order valence-electron chi connectivity index (χ3n) is 6.59. The molecule has 1 unspecified atom stereocenters. The molecule has 1 saturated carbocycles. The van der Waals surface area contributed by atoms with Crippen LogP contribution in [0.3, 0.4) is 0 Å². The second-order valence-electron chi connectivity index (χ2n) is 8.67. The van der Waals surface area contributed by atoms with Crippen LogP contribution in [0.2, 0.25) is 0 Å². The summed E-state index contributed by atoms with van der Waals surface area (Å²) in [6.07, 6.45) is 11.2. The number of thiophene rings is 1. The van der Waals surface area contributed by atoms with Gasteiger partial charge in [0.15, 0.2) is 0 Å². The minimum absolute atomic E-state index is 0.201. The molecule has 0 aliphatic heterocycles. The van der Waals surface area contributed by atoms with Crippen molar-refractivity contribution in [2.75, 3.05) is 14.1 Å². The van der Waals surface area contributed by atoms with Crippen molar-refractivity contribution >= 4 is 21.6 Å². The molecular weight excluding hydrogens is 400 g/mol. The zero-order valence-electron chi connectivity index (χ0n) is 17.5. The maximum atomic E-state index is 10.6. The van der Waals surface area contributed by atoms with E-state index in [2.05, 4.69) is 33.9 Å². The van der Waals surface area contributed by atoms with Crippen LogP contribution in [-0.2, 0) is 6.42 Å². The van der Waals surface area contributed by atoms with Crippen molar-refractivity contribution in [1.82, 2.24) is 19.9 Å². The first kappa shape index (κ1) is 19.9. The largest absolute Gasteiger partial charge is 0.474 e. The van der Waals surface area contributed by atoms with Gasteiger partial charge in [-0.2, -0.15) is 0 Å². The predicted molar refractivity (Wildman–Crippen MR) is 115 cm³/mol. The highest BCUT2D eigenvalue weighted by molar-refractivity contribution is 7.19. The minimum atomic E-state index is -0.707. The number of aromatic nitrogens is 3. The van der Waals surface area contributed by atoms with Gasteiger partial charge in [0.05, 0.1) is 11.6 Å². The average Bonchev–Trinajstić information content (AvgIpc) is 3.46. The van der Waals surface area contributed by atoms with Crippen molar-refractivity contribution in [3.05, 3.63) is 35.1 Å². The van der Waals surface area contributed by atoms with E-state index in [0.29, 0.717) is 24.2 Å². The maximum Gasteiger partial charge on any atom is 0.225 e. The lowest BCUT2D eigenvalue weighted by Crippen LogP contribution is -2.35. The molecule has 0 saturated heterocycles. The van der Waals surface area contributed by atoms with E-state index in [-0.39, 0.29) is 12.0 Å². The van der Waals surface area contributed by atoms with Crippen LogP contribution in [0.1, 0.15) is 66.9 Å². The number of fused-ring (bicyclic) bond motifs is 3. The van der Waals surface area contributed by atoms with Crippen LogP contribution < -0.4 is 4.74 Å². The highest BCUT2D eigenvalue weighted by Crippen LogP contribution is 2.48. The molecule has 2 atom stereocenters. The molecule has 0 amide bonds. The minimum Gasteiger partial charge on any atom is -0.474 e. The molecule has 0 aromatic carbocycles. The molecule has 1 fully saturated rings. The summed E-state index contributed by atoms with van der Waals surface area (Å²) in [5.74, 6) is 1.32. The van der Waals surface area contributed by atoms with Gasteiger partial charge in [-0.15, -0.1) is 11.3 Å². The van der Waals surface area contributed by atoms with Gasteiger partial charge in [-0.25, -0.2) is 15.0 Å². The van der Waals surface area contributed by atoms with Crippen molar-refractivity contribution in [2.24, 2.45) is 0 Å². The van der Waals surface area contributed by atoms with Crippen molar-refractivity contribution in [3.63, 3.8) is 0 Å². The summed E-state index contributed by atoms with van der Waals surface area (Å²) < 4.78 is 11.8. The summed E-state index contributed by atoms with van der Waals surface area (Å²) >= 11 is 1.74. The van der Waals surface area contributed by atoms with Gasteiger partial charge in [0.2, 0.25) is 11.8 Å². The Balaban J connectivity index is 1.39. The first-order valence-electron chi connectivity index (χ1n) is 10.8. The van der Waals surface area contributed by atoms with Gasteiger partial charge in [-0.1, -0.05) is 0 Å². The van der Waals surface area contributed by atoms with Crippen molar-refractivity contribution < 1.29 is 14.3 Å². The van der Waals surface area contributed by atoms with E-state index in [1.54, 1.807) is 23.9 Å². The lowest BCUT2D eigenvalue weighted by atomic mass is 9.92. The standard InChI is InChI=1S/C22H28N4O3S/c1-26(2)14-4-6-15(7-5-14)29-21-19-18-13(11-16(27)20-23-9-10-28-20)3-8-17(18)30-22(19)25-12-24-21/h9-10,12-16,27H,3-8,11H2,1-2H3/t13-,14?,15?,16?/m1/s1. The molecule has 30 heavy (non-hydrogen) atoms. The van der Waals surface area contributed by atoms with Crippen molar-refractivity contribution in [1.29, 1.82) is 0 Å². The molecular formula is C22H28N4O3S. The SMILES string of the molecule is CN(C)C1CCC(Oc2ncnc3sc4c(c23)[C@@H](CC(O)c2ncco2)CC4)CC1. The fraction of sp³-hybridized carbons (Fsp3) is 0.591. The number of nitrogens with zero attached hydrogens (tertiary/aromatic N) is 4. The van der Waals surface area contributed by atoms with E-state index in [1.165, 1.54) is 16.7 Å². The first-order chi connectivity index (χ1) is 14.6. The molecule has 3 aromatic heterocycles. The van der Waals surface area contributed by atoms with Gasteiger partial charge in [-0.05, 0) is 70.5 Å². The quantitative estimate of drug-likeness (QED) is 0.633. The third-order valence-corrected chi connectivity index (χ3v) is 7.77. The number of aryl methyl sites for hydroxylation is 1. The summed E-state index contributed by atoms with van der Waals surface area (Å²) in [6.45, 7) is 0. The Morgan fingerprint density at radius 2 is 2.03 bits per heavy atom. The summed E-state index contributed by atoms with van der Waals surface area (Å²) in [7, 11) is 4.31. The summed E-state index contributed by atoms with van der Waals surface area (Å²) in [5, 5.41) is 11.6. The van der Waals surface area contributed by atoms with Crippen LogP contribution in [0, 0.1) is 0 Å². The van der Waals surface area contributed by atoms with E-state index in [1.807, 2.05) is 0 Å². The van der Waals surface area contributed by atoms with Gasteiger partial charge in [0.1, 0.15) is 29.6 Å². The van der Waals surface area contributed by atoms with Gasteiger partial charge in [0, 0.05) is 10.9 Å². The Labute approximate surface area is 180 Å². The normalized spacial score (nSPS) is 25.0. The van der Waals surface area contributed by atoms with E-state index in [9.17, 15) is 5.11 Å². The first-order valence-corrected chi connectivity index (χ1v) is 11.6. The Bertz CT molecular complexity index is 995. The molecule has 2 aliphatic carbocycles. The topological polar surface area (TPSA) is 84.5 Å². The fourth-order valence-corrected chi connectivity index (χ4v) is 6.20. The monoisotopic (exact) mass is 428 g/mol. The Kier molecular flexibility index (Phi) is 5.47. The van der Waals surface area contributed by atoms with E-state index in [4.69, 9.17) is 9.15 Å². The number of aliphatic hydroxyl groups excluding tert-OH is 1. The van der Waals surface area contributed by atoms with E-state index in [0.717, 1.165) is 48.7 Å². The average molecular weight is 429 g/mol. The van der Waals surface area contributed by atoms with Crippen molar-refractivity contribution in [2.45, 2.75) is 69.1 Å². The molecule has 1 N–H and O–H groups in total. The lowest BCUT2D eigenvalue weighted by Gasteiger charge is -2.32. The Hall–Kier alpha value is -2.03. The van der Waals surface area contributed by atoms with Crippen LogP contribution in [-0.4, -0.2) is 51.2 Å². The number of ether oxygens (including phenoxy) is 1. The molecule has 0 bridgehead atoms. The maximum absolute atomic E-state index is 10.6. The zero-order chi connectivity index (χ0) is 20.7. The van der Waals surface area contributed by atoms with Crippen LogP contribution >= 0.6 is 11.3 Å². The molecule has 3 heterocycles. The fourth-order valence-electron chi connectivity index (χ4n) is 4.97. The summed E-state index contributed by atoms with van der Waals surface area (Å²) in [6, 6.07) is 0.641. The number of hydrogen-bond donors (Lipinski definition) is 1. The molecule has 0 spiro atoms. The second kappa shape index (κ2) is 8.24. The summed E-state index contributed by atoms with van der Waals surface area (Å²) in [4.78, 5) is 17.8. The van der Waals surface area contributed by atoms with Gasteiger partial charge in [0.25, 0.3) is 0 Å². The molecule has 7 nitrogen and oxygen atoms in total. The number of oxazole rings is 1. The van der Waals surface area contributed by atoms with Gasteiger partial charge >= 0.3 is 0 Å². The van der Waals surface area contributed by atoms with Crippen LogP contribution in [0.25, 0.3) is 10.2 Å². The summed E-state index contributed by atoms with van der Waals surface area (Å²) in [5.41, 5.74) is 1.26. The smallest absolute Gasteiger partial charge is 0.225 e. The Morgan fingerprint density at radius 3 is 2.77 bits per heavy atom.